The number of allylic oxidation sites excluding steroid dienone is 1. The Morgan fingerprint density at radius 2 is 1.54 bits per heavy atom. The molecule has 0 unspecified atom stereocenters. The van der Waals surface area contributed by atoms with Crippen LogP contribution in [0.3, 0.4) is 0 Å². The second-order valence-electron chi connectivity index (χ2n) is 8.43. The number of rotatable bonds is 5. The maximum atomic E-state index is 6.35. The second-order valence-corrected chi connectivity index (χ2v) is 13.0. The fourth-order valence-electron chi connectivity index (χ4n) is 2.72. The van der Waals surface area contributed by atoms with Crippen LogP contribution in [0.2, 0.25) is 13.1 Å². The fraction of sp³-hybridized carbons (Fsp3) is 0.579. The molecule has 1 atom stereocenters. The lowest BCUT2D eigenvalue weighted by Gasteiger charge is -2.32. The lowest BCUT2D eigenvalue weighted by atomic mass is 9.90. The molecule has 0 N–H and O–H groups in total. The van der Waals surface area contributed by atoms with Gasteiger partial charge in [0.2, 0.25) is 0 Å². The van der Waals surface area contributed by atoms with E-state index in [0.717, 1.165) is 0 Å². The molecule has 0 aliphatic carbocycles. The normalized spacial score (nSPS) is 20.8. The Morgan fingerprint density at radius 1 is 1.04 bits per heavy atom. The van der Waals surface area contributed by atoms with E-state index in [9.17, 15) is 0 Å². The molecule has 0 aromatic heterocycles. The van der Waals surface area contributed by atoms with Gasteiger partial charge in [-0.3, -0.25) is 0 Å². The molecule has 1 aliphatic heterocycles. The molecule has 1 aromatic rings. The van der Waals surface area contributed by atoms with E-state index in [4.69, 9.17) is 14.0 Å². The summed E-state index contributed by atoms with van der Waals surface area (Å²) in [6.07, 6.45) is 2.21. The van der Waals surface area contributed by atoms with Crippen molar-refractivity contribution >= 4 is 20.6 Å². The van der Waals surface area contributed by atoms with Gasteiger partial charge in [-0.1, -0.05) is 60.3 Å². The SMILES string of the molecule is CC(C)=C[C@@H](OB1OC(C)(C)C(C)(C)O1)[Si](C)(C)c1ccccc1. The molecule has 0 bridgehead atoms. The molecule has 0 spiro atoms. The highest BCUT2D eigenvalue weighted by Crippen LogP contribution is 2.37. The van der Waals surface area contributed by atoms with Crippen molar-refractivity contribution < 1.29 is 14.0 Å². The van der Waals surface area contributed by atoms with Gasteiger partial charge in [-0.25, -0.2) is 0 Å². The van der Waals surface area contributed by atoms with E-state index in [1.807, 2.05) is 27.7 Å². The molecule has 3 nitrogen and oxygen atoms in total. The summed E-state index contributed by atoms with van der Waals surface area (Å²) in [5.41, 5.74) is 0.463. The highest BCUT2D eigenvalue weighted by atomic mass is 28.3. The Hall–Kier alpha value is -0.878. The summed E-state index contributed by atoms with van der Waals surface area (Å²) in [4.78, 5) is 0. The van der Waals surface area contributed by atoms with Crippen molar-refractivity contribution in [2.24, 2.45) is 0 Å². The molecule has 1 saturated heterocycles. The first-order valence-electron chi connectivity index (χ1n) is 8.67. The molecule has 24 heavy (non-hydrogen) atoms. The minimum Gasteiger partial charge on any atom is -0.382 e. The van der Waals surface area contributed by atoms with Crippen LogP contribution in [0.1, 0.15) is 41.5 Å². The van der Waals surface area contributed by atoms with E-state index in [2.05, 4.69) is 63.3 Å². The van der Waals surface area contributed by atoms with Gasteiger partial charge in [0.25, 0.3) is 0 Å². The van der Waals surface area contributed by atoms with Crippen LogP contribution in [0.25, 0.3) is 0 Å². The van der Waals surface area contributed by atoms with E-state index in [-0.39, 0.29) is 16.9 Å². The second kappa shape index (κ2) is 6.79. The minimum atomic E-state index is -1.89. The first-order chi connectivity index (χ1) is 11.0. The Bertz CT molecular complexity index is 576. The average Bonchev–Trinajstić information content (AvgIpc) is 2.66. The molecule has 1 heterocycles. The third kappa shape index (κ3) is 4.02. The molecule has 0 radical (unpaired) electrons. The topological polar surface area (TPSA) is 27.7 Å². The summed E-state index contributed by atoms with van der Waals surface area (Å²) in [5.74, 6) is 0. The van der Waals surface area contributed by atoms with Crippen molar-refractivity contribution in [2.45, 2.75) is 71.6 Å². The van der Waals surface area contributed by atoms with Crippen molar-refractivity contribution in [3.05, 3.63) is 42.0 Å². The monoisotopic (exact) mass is 346 g/mol. The molecule has 2 rings (SSSR count). The fourth-order valence-corrected chi connectivity index (χ4v) is 5.30. The first kappa shape index (κ1) is 19.4. The molecule has 1 aromatic carbocycles. The van der Waals surface area contributed by atoms with Gasteiger partial charge in [-0.2, -0.15) is 0 Å². The zero-order valence-electron chi connectivity index (χ0n) is 16.3. The van der Waals surface area contributed by atoms with Crippen molar-refractivity contribution in [1.82, 2.24) is 0 Å². The largest absolute Gasteiger partial charge is 0.640 e. The van der Waals surface area contributed by atoms with Crippen molar-refractivity contribution in [3.63, 3.8) is 0 Å². The summed E-state index contributed by atoms with van der Waals surface area (Å²) in [6, 6.07) is 10.6. The van der Waals surface area contributed by atoms with Gasteiger partial charge < -0.3 is 14.0 Å². The third-order valence-electron chi connectivity index (χ3n) is 5.20. The number of hydrogen-bond acceptors (Lipinski definition) is 3. The molecule has 0 saturated carbocycles. The van der Waals surface area contributed by atoms with Crippen LogP contribution >= 0.6 is 0 Å². The van der Waals surface area contributed by atoms with E-state index in [1.54, 1.807) is 0 Å². The highest BCUT2D eigenvalue weighted by Gasteiger charge is 2.54. The Labute approximate surface area is 148 Å². The molecule has 5 heteroatoms. The van der Waals surface area contributed by atoms with Gasteiger partial charge in [0.1, 0.15) is 8.07 Å². The Kier molecular flexibility index (Phi) is 5.50. The van der Waals surface area contributed by atoms with Crippen molar-refractivity contribution in [2.75, 3.05) is 0 Å². The zero-order chi connectivity index (χ0) is 18.2. The number of hydrogen-bond donors (Lipinski definition) is 0. The smallest absolute Gasteiger partial charge is 0.382 e. The molecule has 1 aliphatic rings. The lowest BCUT2D eigenvalue weighted by molar-refractivity contribution is 0.00578. The first-order valence-corrected chi connectivity index (χ1v) is 11.7. The standard InChI is InChI=1S/C19H31BO3Si/c1-15(2)14-17(24(7,8)16-12-10-9-11-13-16)21-20-22-18(3,4)19(5,6)23-20/h9-14,17H,1-8H3/t17-/m0/s1. The predicted octanol–water partition coefficient (Wildman–Crippen LogP) is 4.08. The molecular weight excluding hydrogens is 315 g/mol. The molecule has 1 fully saturated rings. The molecule has 0 amide bonds. The van der Waals surface area contributed by atoms with E-state index >= 15 is 0 Å². The van der Waals surface area contributed by atoms with Crippen molar-refractivity contribution in [3.8, 4) is 0 Å². The van der Waals surface area contributed by atoms with Crippen LogP contribution in [0, 0.1) is 0 Å². The summed E-state index contributed by atoms with van der Waals surface area (Å²) < 4.78 is 18.5. The zero-order valence-corrected chi connectivity index (χ0v) is 17.3. The average molecular weight is 346 g/mol. The van der Waals surface area contributed by atoms with Crippen LogP contribution in [0.15, 0.2) is 42.0 Å². The van der Waals surface area contributed by atoms with Gasteiger partial charge in [0, 0.05) is 0 Å². The minimum absolute atomic E-state index is 0.0143. The predicted molar refractivity (Wildman–Crippen MR) is 104 cm³/mol. The lowest BCUT2D eigenvalue weighted by Crippen LogP contribution is -2.55. The summed E-state index contributed by atoms with van der Waals surface area (Å²) in [5, 5.41) is 1.36. The van der Waals surface area contributed by atoms with Crippen LogP contribution in [0.4, 0.5) is 0 Å². The maximum Gasteiger partial charge on any atom is 0.640 e. The third-order valence-corrected chi connectivity index (χ3v) is 8.75. The summed E-state index contributed by atoms with van der Waals surface area (Å²) >= 11 is 0. The van der Waals surface area contributed by atoms with Crippen LogP contribution < -0.4 is 5.19 Å². The maximum absolute atomic E-state index is 6.35. The van der Waals surface area contributed by atoms with Gasteiger partial charge >= 0.3 is 7.32 Å². The van der Waals surface area contributed by atoms with E-state index in [0.29, 0.717) is 0 Å². The summed E-state index contributed by atoms with van der Waals surface area (Å²) in [7, 11) is -2.52. The van der Waals surface area contributed by atoms with Gasteiger partial charge in [0.15, 0.2) is 0 Å². The van der Waals surface area contributed by atoms with E-state index < -0.39 is 15.4 Å². The van der Waals surface area contributed by atoms with Crippen LogP contribution in [-0.4, -0.2) is 32.3 Å². The van der Waals surface area contributed by atoms with Gasteiger partial charge in [0.05, 0.1) is 16.9 Å². The van der Waals surface area contributed by atoms with E-state index in [1.165, 1.54) is 10.8 Å². The van der Waals surface area contributed by atoms with Gasteiger partial charge in [-0.15, -0.1) is 0 Å². The number of benzene rings is 1. The quantitative estimate of drug-likeness (QED) is 0.594. The summed E-state index contributed by atoms with van der Waals surface area (Å²) in [6.45, 7) is 17.1. The highest BCUT2D eigenvalue weighted by molar-refractivity contribution is 6.91. The van der Waals surface area contributed by atoms with Crippen molar-refractivity contribution in [1.29, 1.82) is 0 Å². The van der Waals surface area contributed by atoms with Crippen LogP contribution in [0.5, 0.6) is 0 Å². The van der Waals surface area contributed by atoms with Gasteiger partial charge in [-0.05, 0) is 41.5 Å². The Balaban J connectivity index is 2.26. The molecule has 132 valence electrons. The van der Waals surface area contributed by atoms with Crippen LogP contribution in [-0.2, 0) is 14.0 Å². The Morgan fingerprint density at radius 3 is 2.00 bits per heavy atom. The molecular formula is C19H31BO3Si.